The van der Waals surface area contributed by atoms with Gasteiger partial charge in [-0.2, -0.15) is 0 Å². The molecule has 1 aromatic rings. The van der Waals surface area contributed by atoms with Crippen molar-refractivity contribution in [1.82, 2.24) is 9.97 Å². The lowest BCUT2D eigenvalue weighted by atomic mass is 10.2. The third-order valence-electron chi connectivity index (χ3n) is 2.84. The van der Waals surface area contributed by atoms with Crippen LogP contribution in [0, 0.1) is 0 Å². The first-order valence-electron chi connectivity index (χ1n) is 6.01. The van der Waals surface area contributed by atoms with E-state index in [0.29, 0.717) is 19.1 Å². The minimum atomic E-state index is -0.110. The number of hydrogen-bond donors (Lipinski definition) is 1. The summed E-state index contributed by atoms with van der Waals surface area (Å²) >= 11 is 0. The van der Waals surface area contributed by atoms with Gasteiger partial charge in [-0.3, -0.25) is 0 Å². The van der Waals surface area contributed by atoms with Gasteiger partial charge in [-0.05, 0) is 6.07 Å². The van der Waals surface area contributed by atoms with E-state index in [1.165, 1.54) is 0 Å². The topological polar surface area (TPSA) is 58.5 Å². The Bertz CT molecular complexity index is 371. The van der Waals surface area contributed by atoms with E-state index in [9.17, 15) is 0 Å². The van der Waals surface area contributed by atoms with E-state index in [0.717, 1.165) is 18.2 Å². The molecule has 0 saturated carbocycles. The predicted molar refractivity (Wildman–Crippen MR) is 65.2 cm³/mol. The fraction of sp³-hybridized carbons (Fsp3) is 0.667. The van der Waals surface area contributed by atoms with E-state index in [4.69, 9.17) is 9.84 Å². The van der Waals surface area contributed by atoms with Gasteiger partial charge in [0.05, 0.1) is 19.3 Å². The third-order valence-corrected chi connectivity index (χ3v) is 2.84. The quantitative estimate of drug-likeness (QED) is 0.842. The highest BCUT2D eigenvalue weighted by molar-refractivity contribution is 5.38. The average Bonchev–Trinajstić information content (AvgIpc) is 2.39. The number of aliphatic hydroxyl groups is 1. The van der Waals surface area contributed by atoms with E-state index in [1.807, 2.05) is 6.07 Å². The van der Waals surface area contributed by atoms with E-state index >= 15 is 0 Å². The maximum atomic E-state index is 9.11. The Morgan fingerprint density at radius 3 is 3.12 bits per heavy atom. The largest absolute Gasteiger partial charge is 0.394 e. The second-order valence-corrected chi connectivity index (χ2v) is 4.55. The minimum absolute atomic E-state index is 0.0542. The van der Waals surface area contributed by atoms with Gasteiger partial charge in [-0.25, -0.2) is 9.97 Å². The van der Waals surface area contributed by atoms with Crippen LogP contribution in [-0.4, -0.2) is 47.5 Å². The first kappa shape index (κ1) is 12.3. The van der Waals surface area contributed by atoms with Crippen LogP contribution in [0.3, 0.4) is 0 Å². The number of aliphatic hydroxyl groups excluding tert-OH is 1. The summed E-state index contributed by atoms with van der Waals surface area (Å²) in [6, 6.07) is 1.91. The SMILES string of the molecule is CC(C)c1nccc(N2CCOC(CO)C2)n1. The van der Waals surface area contributed by atoms with Crippen LogP contribution in [0.15, 0.2) is 12.3 Å². The number of aromatic nitrogens is 2. The monoisotopic (exact) mass is 237 g/mol. The van der Waals surface area contributed by atoms with E-state index in [-0.39, 0.29) is 12.7 Å². The summed E-state index contributed by atoms with van der Waals surface area (Å²) in [5, 5.41) is 9.11. The van der Waals surface area contributed by atoms with Gasteiger partial charge in [0.2, 0.25) is 0 Å². The molecule has 1 aromatic heterocycles. The number of anilines is 1. The highest BCUT2D eigenvalue weighted by Gasteiger charge is 2.21. The molecule has 2 rings (SSSR count). The van der Waals surface area contributed by atoms with Crippen LogP contribution in [0.5, 0.6) is 0 Å². The molecule has 1 atom stereocenters. The summed E-state index contributed by atoms with van der Waals surface area (Å²) in [6.45, 7) is 6.34. The molecule has 5 nitrogen and oxygen atoms in total. The van der Waals surface area contributed by atoms with Gasteiger partial charge in [-0.1, -0.05) is 13.8 Å². The van der Waals surface area contributed by atoms with Crippen molar-refractivity contribution in [1.29, 1.82) is 0 Å². The molecule has 0 amide bonds. The lowest BCUT2D eigenvalue weighted by molar-refractivity contribution is 0.00334. The molecular weight excluding hydrogens is 218 g/mol. The zero-order valence-electron chi connectivity index (χ0n) is 10.3. The number of ether oxygens (including phenoxy) is 1. The standard InChI is InChI=1S/C12H19N3O2/c1-9(2)12-13-4-3-11(14-12)15-5-6-17-10(7-15)8-16/h3-4,9-10,16H,5-8H2,1-2H3. The van der Waals surface area contributed by atoms with E-state index in [2.05, 4.69) is 28.7 Å². The molecule has 1 unspecified atom stereocenters. The molecule has 5 heteroatoms. The molecule has 17 heavy (non-hydrogen) atoms. The molecule has 1 fully saturated rings. The van der Waals surface area contributed by atoms with Gasteiger partial charge >= 0.3 is 0 Å². The van der Waals surface area contributed by atoms with Gasteiger partial charge in [0, 0.05) is 25.2 Å². The van der Waals surface area contributed by atoms with Crippen LogP contribution in [0.25, 0.3) is 0 Å². The summed E-state index contributed by atoms with van der Waals surface area (Å²) in [6.07, 6.45) is 1.68. The van der Waals surface area contributed by atoms with Gasteiger partial charge in [0.15, 0.2) is 0 Å². The Hall–Kier alpha value is -1.20. The highest BCUT2D eigenvalue weighted by Crippen LogP contribution is 2.17. The maximum absolute atomic E-state index is 9.11. The molecule has 94 valence electrons. The van der Waals surface area contributed by atoms with Crippen molar-refractivity contribution < 1.29 is 9.84 Å². The fourth-order valence-electron chi connectivity index (χ4n) is 1.86. The molecule has 1 saturated heterocycles. The molecule has 1 aliphatic heterocycles. The summed E-state index contributed by atoms with van der Waals surface area (Å²) in [7, 11) is 0. The summed E-state index contributed by atoms with van der Waals surface area (Å²) in [5.74, 6) is 2.10. The molecule has 1 aliphatic rings. The second kappa shape index (κ2) is 5.42. The van der Waals surface area contributed by atoms with Crippen molar-refractivity contribution >= 4 is 5.82 Å². The highest BCUT2D eigenvalue weighted by atomic mass is 16.5. The lowest BCUT2D eigenvalue weighted by Gasteiger charge is -2.33. The Balaban J connectivity index is 2.13. The van der Waals surface area contributed by atoms with Crippen LogP contribution in [0.1, 0.15) is 25.6 Å². The second-order valence-electron chi connectivity index (χ2n) is 4.55. The van der Waals surface area contributed by atoms with Crippen molar-refractivity contribution in [3.05, 3.63) is 18.1 Å². The molecule has 2 heterocycles. The van der Waals surface area contributed by atoms with Gasteiger partial charge < -0.3 is 14.7 Å². The Morgan fingerprint density at radius 2 is 2.41 bits per heavy atom. The van der Waals surface area contributed by atoms with Crippen molar-refractivity contribution in [2.75, 3.05) is 31.2 Å². The Labute approximate surface area is 101 Å². The molecular formula is C12H19N3O2. The van der Waals surface area contributed by atoms with Crippen molar-refractivity contribution in [2.24, 2.45) is 0 Å². The molecule has 1 N–H and O–H groups in total. The first-order chi connectivity index (χ1) is 8.20. The number of nitrogens with zero attached hydrogens (tertiary/aromatic N) is 3. The number of rotatable bonds is 3. The van der Waals surface area contributed by atoms with Gasteiger partial charge in [0.1, 0.15) is 11.6 Å². The van der Waals surface area contributed by atoms with Crippen molar-refractivity contribution in [3.8, 4) is 0 Å². The zero-order valence-corrected chi connectivity index (χ0v) is 10.3. The Morgan fingerprint density at radius 1 is 1.59 bits per heavy atom. The third kappa shape index (κ3) is 2.92. The molecule has 0 aromatic carbocycles. The summed E-state index contributed by atoms with van der Waals surface area (Å²) < 4.78 is 5.42. The number of hydrogen-bond acceptors (Lipinski definition) is 5. The van der Waals surface area contributed by atoms with Crippen LogP contribution < -0.4 is 4.90 Å². The molecule has 0 aliphatic carbocycles. The average molecular weight is 237 g/mol. The molecule has 0 spiro atoms. The lowest BCUT2D eigenvalue weighted by Crippen LogP contribution is -2.44. The van der Waals surface area contributed by atoms with Crippen molar-refractivity contribution in [3.63, 3.8) is 0 Å². The van der Waals surface area contributed by atoms with E-state index in [1.54, 1.807) is 6.20 Å². The summed E-state index contributed by atoms with van der Waals surface area (Å²) in [4.78, 5) is 10.9. The smallest absolute Gasteiger partial charge is 0.133 e. The van der Waals surface area contributed by atoms with E-state index < -0.39 is 0 Å². The number of morpholine rings is 1. The normalized spacial score (nSPS) is 20.9. The van der Waals surface area contributed by atoms with Crippen LogP contribution in [0.4, 0.5) is 5.82 Å². The Kier molecular flexibility index (Phi) is 3.91. The van der Waals surface area contributed by atoms with Crippen LogP contribution in [0.2, 0.25) is 0 Å². The van der Waals surface area contributed by atoms with Crippen molar-refractivity contribution in [2.45, 2.75) is 25.9 Å². The van der Waals surface area contributed by atoms with Gasteiger partial charge in [0.25, 0.3) is 0 Å². The molecule has 0 bridgehead atoms. The van der Waals surface area contributed by atoms with Crippen LogP contribution in [-0.2, 0) is 4.74 Å². The predicted octanol–water partition coefficient (Wildman–Crippen LogP) is 0.797. The molecule has 0 radical (unpaired) electrons. The minimum Gasteiger partial charge on any atom is -0.394 e. The first-order valence-corrected chi connectivity index (χ1v) is 6.01. The maximum Gasteiger partial charge on any atom is 0.133 e. The fourth-order valence-corrected chi connectivity index (χ4v) is 1.86. The summed E-state index contributed by atoms with van der Waals surface area (Å²) in [5.41, 5.74) is 0. The zero-order chi connectivity index (χ0) is 12.3. The van der Waals surface area contributed by atoms with Gasteiger partial charge in [-0.15, -0.1) is 0 Å². The van der Waals surface area contributed by atoms with Crippen LogP contribution >= 0.6 is 0 Å².